The van der Waals surface area contributed by atoms with E-state index in [0.717, 1.165) is 18.7 Å². The molecule has 4 nitrogen and oxygen atoms in total. The highest BCUT2D eigenvalue weighted by molar-refractivity contribution is 5.63. The first-order valence-electron chi connectivity index (χ1n) is 5.25. The lowest BCUT2D eigenvalue weighted by atomic mass is 10.1. The second-order valence-electron chi connectivity index (χ2n) is 3.95. The maximum Gasteiger partial charge on any atom is 0.146 e. The zero-order chi connectivity index (χ0) is 10.8. The van der Waals surface area contributed by atoms with Crippen LogP contribution in [0.5, 0.6) is 0 Å². The molecule has 2 N–H and O–H groups in total. The number of ether oxygens (including phenoxy) is 1. The Morgan fingerprint density at radius 1 is 1.60 bits per heavy atom. The third-order valence-corrected chi connectivity index (χ3v) is 3.03. The first-order valence-corrected chi connectivity index (χ1v) is 5.25. The van der Waals surface area contributed by atoms with E-state index >= 15 is 0 Å². The van der Waals surface area contributed by atoms with E-state index in [0.29, 0.717) is 11.9 Å². The Balaban J connectivity index is 2.20. The molecule has 2 heterocycles. The Morgan fingerprint density at radius 3 is 3.00 bits per heavy atom. The fourth-order valence-electron chi connectivity index (χ4n) is 2.11. The second-order valence-corrected chi connectivity index (χ2v) is 3.95. The maximum absolute atomic E-state index is 5.84. The van der Waals surface area contributed by atoms with Crippen molar-refractivity contribution in [3.63, 3.8) is 0 Å². The van der Waals surface area contributed by atoms with E-state index in [9.17, 15) is 0 Å². The molecule has 1 aromatic heterocycles. The Bertz CT molecular complexity index is 342. The van der Waals surface area contributed by atoms with Crippen molar-refractivity contribution < 1.29 is 4.74 Å². The van der Waals surface area contributed by atoms with Gasteiger partial charge in [-0.15, -0.1) is 0 Å². The lowest BCUT2D eigenvalue weighted by Gasteiger charge is -2.29. The molecule has 0 radical (unpaired) electrons. The van der Waals surface area contributed by atoms with Crippen LogP contribution in [0.4, 0.5) is 11.5 Å². The molecule has 1 fully saturated rings. The summed E-state index contributed by atoms with van der Waals surface area (Å²) < 4.78 is 5.55. The molecule has 1 aliphatic rings. The Labute approximate surface area is 90.0 Å². The van der Waals surface area contributed by atoms with Crippen LogP contribution in [-0.2, 0) is 4.74 Å². The molecular weight excluding hydrogens is 190 g/mol. The Kier molecular flexibility index (Phi) is 2.77. The third-order valence-electron chi connectivity index (χ3n) is 3.03. The molecule has 2 rings (SSSR count). The Hall–Kier alpha value is -1.29. The largest absolute Gasteiger partial charge is 0.382 e. The number of nitrogens with two attached hydrogens (primary N) is 1. The highest BCUT2D eigenvalue weighted by Gasteiger charge is 2.28. The number of nitrogens with zero attached hydrogens (tertiary/aromatic N) is 2. The van der Waals surface area contributed by atoms with Gasteiger partial charge in [-0.2, -0.15) is 0 Å². The molecule has 0 aliphatic carbocycles. The van der Waals surface area contributed by atoms with E-state index in [4.69, 9.17) is 10.5 Å². The summed E-state index contributed by atoms with van der Waals surface area (Å²) in [6, 6.07) is 4.30. The lowest BCUT2D eigenvalue weighted by molar-refractivity contribution is 0.118. The monoisotopic (exact) mass is 207 g/mol. The van der Waals surface area contributed by atoms with Gasteiger partial charge in [0.1, 0.15) is 5.82 Å². The van der Waals surface area contributed by atoms with Gasteiger partial charge in [0.05, 0.1) is 17.8 Å². The molecule has 2 atom stereocenters. The summed E-state index contributed by atoms with van der Waals surface area (Å²) in [5, 5.41) is 0. The highest BCUT2D eigenvalue weighted by atomic mass is 16.5. The van der Waals surface area contributed by atoms with Gasteiger partial charge in [-0.3, -0.25) is 0 Å². The van der Waals surface area contributed by atoms with Gasteiger partial charge in [0.15, 0.2) is 0 Å². The molecule has 1 saturated heterocycles. The van der Waals surface area contributed by atoms with E-state index < -0.39 is 0 Å². The number of likely N-dealkylation sites (N-methyl/N-ethyl adjacent to an activating group) is 1. The van der Waals surface area contributed by atoms with Crippen LogP contribution in [0.3, 0.4) is 0 Å². The molecule has 1 aliphatic heterocycles. The predicted octanol–water partition coefficient (Wildman–Crippen LogP) is 1.28. The number of hydrogen-bond donors (Lipinski definition) is 1. The quantitative estimate of drug-likeness (QED) is 0.793. The van der Waals surface area contributed by atoms with Crippen molar-refractivity contribution in [3.05, 3.63) is 18.3 Å². The van der Waals surface area contributed by atoms with Crippen LogP contribution >= 0.6 is 0 Å². The minimum Gasteiger partial charge on any atom is -0.382 e. The molecule has 1 aromatic rings. The standard InChI is InChI=1S/C11H17N3O/c1-8-9(5-7-15-8)14(2)10-4-3-6-13-11(10)12/h3-4,6,8-9H,5,7H2,1-2H3,(H2,12,13). The van der Waals surface area contributed by atoms with Gasteiger partial charge in [0.25, 0.3) is 0 Å². The van der Waals surface area contributed by atoms with Crippen molar-refractivity contribution in [2.45, 2.75) is 25.5 Å². The summed E-state index contributed by atoms with van der Waals surface area (Å²) in [5.74, 6) is 0.583. The zero-order valence-corrected chi connectivity index (χ0v) is 9.18. The third kappa shape index (κ3) is 1.90. The maximum atomic E-state index is 5.84. The van der Waals surface area contributed by atoms with Crippen molar-refractivity contribution in [2.24, 2.45) is 0 Å². The Morgan fingerprint density at radius 2 is 2.40 bits per heavy atom. The molecule has 0 bridgehead atoms. The van der Waals surface area contributed by atoms with E-state index in [1.807, 2.05) is 19.2 Å². The second kappa shape index (κ2) is 4.06. The van der Waals surface area contributed by atoms with Gasteiger partial charge in [-0.1, -0.05) is 0 Å². The topological polar surface area (TPSA) is 51.4 Å². The molecule has 2 unspecified atom stereocenters. The molecular formula is C11H17N3O. The average Bonchev–Trinajstić information content (AvgIpc) is 2.64. The first-order chi connectivity index (χ1) is 7.20. The summed E-state index contributed by atoms with van der Waals surface area (Å²) in [4.78, 5) is 6.26. The molecule has 0 saturated carbocycles. The fourth-order valence-corrected chi connectivity index (χ4v) is 2.11. The number of hydrogen-bond acceptors (Lipinski definition) is 4. The lowest BCUT2D eigenvalue weighted by Crippen LogP contribution is -2.37. The number of nitrogen functional groups attached to an aromatic ring is 1. The molecule has 82 valence electrons. The van der Waals surface area contributed by atoms with Crippen LogP contribution in [0.25, 0.3) is 0 Å². The van der Waals surface area contributed by atoms with Crippen molar-refractivity contribution in [1.82, 2.24) is 4.98 Å². The molecule has 15 heavy (non-hydrogen) atoms. The minimum atomic E-state index is 0.259. The van der Waals surface area contributed by atoms with Crippen LogP contribution in [0.15, 0.2) is 18.3 Å². The van der Waals surface area contributed by atoms with Crippen LogP contribution in [0.1, 0.15) is 13.3 Å². The minimum absolute atomic E-state index is 0.259. The van der Waals surface area contributed by atoms with Gasteiger partial charge < -0.3 is 15.4 Å². The van der Waals surface area contributed by atoms with E-state index in [1.54, 1.807) is 6.20 Å². The van der Waals surface area contributed by atoms with E-state index in [2.05, 4.69) is 16.8 Å². The number of pyridine rings is 1. The molecule has 4 heteroatoms. The normalized spacial score (nSPS) is 25.5. The van der Waals surface area contributed by atoms with Crippen molar-refractivity contribution in [1.29, 1.82) is 0 Å². The number of aromatic nitrogens is 1. The summed E-state index contributed by atoms with van der Waals surface area (Å²) in [7, 11) is 2.04. The number of anilines is 2. The summed E-state index contributed by atoms with van der Waals surface area (Å²) >= 11 is 0. The van der Waals surface area contributed by atoms with Gasteiger partial charge >= 0.3 is 0 Å². The molecule has 0 spiro atoms. The van der Waals surface area contributed by atoms with Crippen LogP contribution in [0, 0.1) is 0 Å². The smallest absolute Gasteiger partial charge is 0.146 e. The van der Waals surface area contributed by atoms with E-state index in [1.165, 1.54) is 0 Å². The highest BCUT2D eigenvalue weighted by Crippen LogP contribution is 2.26. The summed E-state index contributed by atoms with van der Waals surface area (Å²) in [6.07, 6.45) is 3.02. The fraction of sp³-hybridized carbons (Fsp3) is 0.545. The van der Waals surface area contributed by atoms with Crippen LogP contribution in [-0.4, -0.2) is 30.8 Å². The van der Waals surface area contributed by atoms with Gasteiger partial charge in [0.2, 0.25) is 0 Å². The molecule has 0 aromatic carbocycles. The van der Waals surface area contributed by atoms with Gasteiger partial charge in [0, 0.05) is 19.9 Å². The van der Waals surface area contributed by atoms with E-state index in [-0.39, 0.29) is 6.10 Å². The van der Waals surface area contributed by atoms with Crippen molar-refractivity contribution in [2.75, 3.05) is 24.3 Å². The number of rotatable bonds is 2. The predicted molar refractivity (Wildman–Crippen MR) is 60.9 cm³/mol. The van der Waals surface area contributed by atoms with Crippen LogP contribution in [0.2, 0.25) is 0 Å². The zero-order valence-electron chi connectivity index (χ0n) is 9.18. The SMILES string of the molecule is CC1OCCC1N(C)c1cccnc1N. The van der Waals surface area contributed by atoms with Crippen molar-refractivity contribution in [3.8, 4) is 0 Å². The summed E-state index contributed by atoms with van der Waals surface area (Å²) in [5.41, 5.74) is 6.83. The van der Waals surface area contributed by atoms with Crippen molar-refractivity contribution >= 4 is 11.5 Å². The molecule has 0 amide bonds. The van der Waals surface area contributed by atoms with Gasteiger partial charge in [-0.05, 0) is 25.5 Å². The first kappa shape index (κ1) is 10.2. The summed E-state index contributed by atoms with van der Waals surface area (Å²) in [6.45, 7) is 2.93. The average molecular weight is 207 g/mol. The van der Waals surface area contributed by atoms with Gasteiger partial charge in [-0.25, -0.2) is 4.98 Å². The van der Waals surface area contributed by atoms with Crippen LogP contribution < -0.4 is 10.6 Å².